The van der Waals surface area contributed by atoms with Gasteiger partial charge in [-0.05, 0) is 43.4 Å². The zero-order valence-electron chi connectivity index (χ0n) is 14.5. The number of rotatable bonds is 4. The van der Waals surface area contributed by atoms with E-state index in [0.29, 0.717) is 12.5 Å². The maximum Gasteiger partial charge on any atom is 0.226 e. The van der Waals surface area contributed by atoms with Crippen LogP contribution < -0.4 is 10.2 Å². The molecule has 2 aliphatic heterocycles. The summed E-state index contributed by atoms with van der Waals surface area (Å²) in [6, 6.07) is 7.30. The predicted octanol–water partition coefficient (Wildman–Crippen LogP) is 2.21. The Bertz CT molecular complexity index is 552. The summed E-state index contributed by atoms with van der Waals surface area (Å²) in [6.45, 7) is 9.63. The molecule has 1 fully saturated rings. The number of nitrogens with zero attached hydrogens (tertiary/aromatic N) is 2. The van der Waals surface area contributed by atoms with Gasteiger partial charge < -0.3 is 10.2 Å². The van der Waals surface area contributed by atoms with Gasteiger partial charge in [-0.3, -0.25) is 9.69 Å². The zero-order valence-corrected chi connectivity index (χ0v) is 14.5. The molecule has 4 heteroatoms. The van der Waals surface area contributed by atoms with E-state index >= 15 is 0 Å². The van der Waals surface area contributed by atoms with Crippen molar-refractivity contribution in [2.24, 2.45) is 0 Å². The highest BCUT2D eigenvalue weighted by molar-refractivity contribution is 5.94. The number of amides is 1. The summed E-state index contributed by atoms with van der Waals surface area (Å²) in [7, 11) is 0. The van der Waals surface area contributed by atoms with E-state index in [0.717, 1.165) is 57.7 Å². The van der Waals surface area contributed by atoms with Crippen LogP contribution in [0.2, 0.25) is 0 Å². The van der Waals surface area contributed by atoms with E-state index in [1.165, 1.54) is 11.1 Å². The van der Waals surface area contributed by atoms with Gasteiger partial charge in [0, 0.05) is 50.9 Å². The molecule has 0 radical (unpaired) electrons. The molecule has 4 nitrogen and oxygen atoms in total. The molecule has 0 aliphatic carbocycles. The third kappa shape index (κ3) is 3.75. The monoisotopic (exact) mass is 315 g/mol. The maximum absolute atomic E-state index is 12.1. The van der Waals surface area contributed by atoms with Crippen molar-refractivity contribution in [3.63, 3.8) is 0 Å². The molecule has 23 heavy (non-hydrogen) atoms. The molecule has 1 aromatic rings. The summed E-state index contributed by atoms with van der Waals surface area (Å²) >= 11 is 0. The van der Waals surface area contributed by atoms with Crippen LogP contribution >= 0.6 is 0 Å². The molecule has 1 atom stereocenters. The molecule has 0 saturated carbocycles. The molecule has 3 rings (SSSR count). The van der Waals surface area contributed by atoms with Crippen molar-refractivity contribution in [2.45, 2.75) is 45.6 Å². The number of anilines is 1. The Hall–Kier alpha value is -1.39. The molecule has 2 heterocycles. The fraction of sp³-hybridized carbons (Fsp3) is 0.632. The van der Waals surface area contributed by atoms with E-state index in [2.05, 4.69) is 35.3 Å². The molecule has 1 N–H and O–H groups in total. The Morgan fingerprint density at radius 3 is 2.78 bits per heavy atom. The van der Waals surface area contributed by atoms with Crippen molar-refractivity contribution in [1.82, 2.24) is 10.2 Å². The van der Waals surface area contributed by atoms with Gasteiger partial charge in [0.05, 0.1) is 0 Å². The van der Waals surface area contributed by atoms with E-state index in [1.807, 2.05) is 11.8 Å². The Balaban J connectivity index is 1.71. The Morgan fingerprint density at radius 1 is 1.26 bits per heavy atom. The summed E-state index contributed by atoms with van der Waals surface area (Å²) < 4.78 is 0. The van der Waals surface area contributed by atoms with Gasteiger partial charge in [0.1, 0.15) is 0 Å². The fourth-order valence-electron chi connectivity index (χ4n) is 3.82. The molecular formula is C19H29N3O. The van der Waals surface area contributed by atoms with Gasteiger partial charge in [-0.2, -0.15) is 0 Å². The summed E-state index contributed by atoms with van der Waals surface area (Å²) in [5.74, 6) is 0.243. The molecule has 1 aromatic carbocycles. The average molecular weight is 315 g/mol. The third-order valence-electron chi connectivity index (χ3n) is 5.17. The standard InChI is InChI=1S/C19H29N3O/c1-3-19(23)22-10-4-5-17-14-16(6-7-18(17)22)13-15(2)21-11-8-20-9-12-21/h6-7,14-15,20H,3-5,8-13H2,1-2H3. The highest BCUT2D eigenvalue weighted by atomic mass is 16.2. The van der Waals surface area contributed by atoms with Crippen LogP contribution in [0.4, 0.5) is 5.69 Å². The fourth-order valence-corrected chi connectivity index (χ4v) is 3.82. The summed E-state index contributed by atoms with van der Waals surface area (Å²) in [6.07, 6.45) is 3.85. The molecule has 1 amide bonds. The van der Waals surface area contributed by atoms with E-state index in [-0.39, 0.29) is 5.91 Å². The number of fused-ring (bicyclic) bond motifs is 1. The minimum absolute atomic E-state index is 0.243. The number of piperazine rings is 1. The van der Waals surface area contributed by atoms with Gasteiger partial charge in [0.2, 0.25) is 5.91 Å². The van der Waals surface area contributed by atoms with Gasteiger partial charge in [-0.15, -0.1) is 0 Å². The molecule has 0 spiro atoms. The minimum atomic E-state index is 0.243. The van der Waals surface area contributed by atoms with Gasteiger partial charge in [0.15, 0.2) is 0 Å². The Morgan fingerprint density at radius 2 is 2.04 bits per heavy atom. The third-order valence-corrected chi connectivity index (χ3v) is 5.17. The van der Waals surface area contributed by atoms with Crippen molar-refractivity contribution in [3.05, 3.63) is 29.3 Å². The normalized spacial score (nSPS) is 20.2. The first-order valence-corrected chi connectivity index (χ1v) is 9.06. The number of benzene rings is 1. The molecule has 126 valence electrons. The largest absolute Gasteiger partial charge is 0.314 e. The number of carbonyl (C=O) groups excluding carboxylic acids is 1. The SMILES string of the molecule is CCC(=O)N1CCCc2cc(CC(C)N3CCNCC3)ccc21. The average Bonchev–Trinajstić information content (AvgIpc) is 2.61. The second-order valence-corrected chi connectivity index (χ2v) is 6.80. The molecular weight excluding hydrogens is 286 g/mol. The maximum atomic E-state index is 12.1. The van der Waals surface area contributed by atoms with Crippen molar-refractivity contribution in [3.8, 4) is 0 Å². The van der Waals surface area contributed by atoms with E-state index in [4.69, 9.17) is 0 Å². The Kier molecular flexibility index (Phi) is 5.34. The number of hydrogen-bond acceptors (Lipinski definition) is 3. The van der Waals surface area contributed by atoms with Gasteiger partial charge in [-0.25, -0.2) is 0 Å². The quantitative estimate of drug-likeness (QED) is 0.925. The molecule has 1 saturated heterocycles. The van der Waals surface area contributed by atoms with Gasteiger partial charge >= 0.3 is 0 Å². The smallest absolute Gasteiger partial charge is 0.226 e. The molecule has 0 bridgehead atoms. The first-order valence-electron chi connectivity index (χ1n) is 9.06. The van der Waals surface area contributed by atoms with Crippen molar-refractivity contribution < 1.29 is 4.79 Å². The van der Waals surface area contributed by atoms with Gasteiger partial charge in [-0.1, -0.05) is 19.1 Å². The lowest BCUT2D eigenvalue weighted by Crippen LogP contribution is -2.48. The lowest BCUT2D eigenvalue weighted by Gasteiger charge is -2.33. The highest BCUT2D eigenvalue weighted by Gasteiger charge is 2.22. The lowest BCUT2D eigenvalue weighted by atomic mass is 9.96. The van der Waals surface area contributed by atoms with Crippen LogP contribution in [0.5, 0.6) is 0 Å². The van der Waals surface area contributed by atoms with Crippen LogP contribution in [0, 0.1) is 0 Å². The number of carbonyl (C=O) groups is 1. The lowest BCUT2D eigenvalue weighted by molar-refractivity contribution is -0.118. The van der Waals surface area contributed by atoms with E-state index in [9.17, 15) is 4.79 Å². The Labute approximate surface area is 139 Å². The van der Waals surface area contributed by atoms with Crippen LogP contribution in [-0.2, 0) is 17.6 Å². The number of hydrogen-bond donors (Lipinski definition) is 1. The van der Waals surface area contributed by atoms with Crippen LogP contribution in [0.3, 0.4) is 0 Å². The minimum Gasteiger partial charge on any atom is -0.314 e. The summed E-state index contributed by atoms with van der Waals surface area (Å²) in [5, 5.41) is 3.42. The molecule has 1 unspecified atom stereocenters. The predicted molar refractivity (Wildman–Crippen MR) is 95.0 cm³/mol. The van der Waals surface area contributed by atoms with E-state index < -0.39 is 0 Å². The van der Waals surface area contributed by atoms with Gasteiger partial charge in [0.25, 0.3) is 0 Å². The molecule has 0 aromatic heterocycles. The zero-order chi connectivity index (χ0) is 16.2. The summed E-state index contributed by atoms with van der Waals surface area (Å²) in [5.41, 5.74) is 3.89. The van der Waals surface area contributed by atoms with Crippen LogP contribution in [-0.4, -0.2) is 49.6 Å². The molecule has 2 aliphatic rings. The van der Waals surface area contributed by atoms with Crippen molar-refractivity contribution in [1.29, 1.82) is 0 Å². The topological polar surface area (TPSA) is 35.6 Å². The summed E-state index contributed by atoms with van der Waals surface area (Å²) in [4.78, 5) is 16.7. The first-order chi connectivity index (χ1) is 11.2. The van der Waals surface area contributed by atoms with Crippen LogP contribution in [0.1, 0.15) is 37.8 Å². The second kappa shape index (κ2) is 7.45. The van der Waals surface area contributed by atoms with Crippen LogP contribution in [0.15, 0.2) is 18.2 Å². The highest BCUT2D eigenvalue weighted by Crippen LogP contribution is 2.29. The van der Waals surface area contributed by atoms with Crippen molar-refractivity contribution in [2.75, 3.05) is 37.6 Å². The second-order valence-electron chi connectivity index (χ2n) is 6.80. The first kappa shape index (κ1) is 16.5. The van der Waals surface area contributed by atoms with Crippen LogP contribution in [0.25, 0.3) is 0 Å². The van der Waals surface area contributed by atoms with E-state index in [1.54, 1.807) is 0 Å². The van der Waals surface area contributed by atoms with Crippen molar-refractivity contribution >= 4 is 11.6 Å². The number of aryl methyl sites for hydroxylation is 1. The number of nitrogens with one attached hydrogen (secondary N) is 1.